The number of likely N-dealkylation sites (N-methyl/N-ethyl adjacent to an activating group) is 1. The van der Waals surface area contributed by atoms with Gasteiger partial charge in [0, 0.05) is 39.1 Å². The molecule has 2 aliphatic rings. The van der Waals surface area contributed by atoms with E-state index in [0.717, 1.165) is 0 Å². The summed E-state index contributed by atoms with van der Waals surface area (Å²) in [6.07, 6.45) is -4.25. The van der Waals surface area contributed by atoms with Crippen molar-refractivity contribution >= 4 is 22.0 Å². The second kappa shape index (κ2) is 12.8. The molecule has 14 heteroatoms. The van der Waals surface area contributed by atoms with Crippen LogP contribution in [0.15, 0.2) is 29.2 Å². The number of carbonyl (C=O) groups excluding carboxylic acids is 1. The highest BCUT2D eigenvalue weighted by Crippen LogP contribution is 2.36. The highest BCUT2D eigenvalue weighted by Gasteiger charge is 2.43. The fourth-order valence-corrected chi connectivity index (χ4v) is 5.74. The molecule has 0 spiro atoms. The molecule has 0 bridgehead atoms. The van der Waals surface area contributed by atoms with Crippen LogP contribution in [0.1, 0.15) is 26.7 Å². The van der Waals surface area contributed by atoms with Gasteiger partial charge in [-0.15, -0.1) is 0 Å². The third-order valence-electron chi connectivity index (χ3n) is 5.85. The Labute approximate surface area is 215 Å². The van der Waals surface area contributed by atoms with E-state index in [1.807, 2.05) is 19.0 Å². The number of amides is 2. The molecule has 2 aliphatic heterocycles. The molecule has 210 valence electrons. The van der Waals surface area contributed by atoms with Gasteiger partial charge in [-0.25, -0.2) is 18.0 Å². The van der Waals surface area contributed by atoms with Crippen LogP contribution in [0.4, 0.5) is 18.0 Å². The molecule has 0 aliphatic carbocycles. The Morgan fingerprint density at radius 2 is 1.78 bits per heavy atom. The van der Waals surface area contributed by atoms with Crippen LogP contribution in [0.2, 0.25) is 0 Å². The number of urea groups is 1. The molecule has 10 nitrogen and oxygen atoms in total. The van der Waals surface area contributed by atoms with Gasteiger partial charge in [0.1, 0.15) is 16.7 Å². The molecule has 2 amide bonds. The van der Waals surface area contributed by atoms with Crippen LogP contribution in [0.3, 0.4) is 0 Å². The quantitative estimate of drug-likeness (QED) is 0.576. The lowest BCUT2D eigenvalue weighted by Crippen LogP contribution is -2.49. The molecule has 3 rings (SSSR count). The zero-order chi connectivity index (χ0) is 28.0. The number of rotatable bonds is 5. The lowest BCUT2D eigenvalue weighted by molar-refractivity contribution is -0.192. The van der Waals surface area contributed by atoms with Crippen molar-refractivity contribution in [3.05, 3.63) is 24.3 Å². The number of carboxylic acids is 1. The summed E-state index contributed by atoms with van der Waals surface area (Å²) in [4.78, 5) is 25.5. The van der Waals surface area contributed by atoms with Gasteiger partial charge in [-0.1, -0.05) is 26.0 Å². The van der Waals surface area contributed by atoms with Crippen LogP contribution in [-0.4, -0.2) is 105 Å². The Morgan fingerprint density at radius 1 is 1.19 bits per heavy atom. The molecule has 2 atom stereocenters. The van der Waals surface area contributed by atoms with E-state index in [4.69, 9.17) is 14.6 Å². The molecule has 0 saturated carbocycles. The zero-order valence-electron chi connectivity index (χ0n) is 21.4. The normalized spacial score (nSPS) is 21.5. The second-order valence-electron chi connectivity index (χ2n) is 9.54. The van der Waals surface area contributed by atoms with Crippen molar-refractivity contribution in [3.63, 3.8) is 0 Å². The summed E-state index contributed by atoms with van der Waals surface area (Å²) in [7, 11) is 0.163. The van der Waals surface area contributed by atoms with Gasteiger partial charge >= 0.3 is 18.2 Å². The molecule has 37 heavy (non-hydrogen) atoms. The third-order valence-corrected chi connectivity index (χ3v) is 7.81. The van der Waals surface area contributed by atoms with E-state index in [1.54, 1.807) is 33.5 Å². The summed E-state index contributed by atoms with van der Waals surface area (Å²) < 4.78 is 66.6. The largest absolute Gasteiger partial charge is 0.490 e. The maximum absolute atomic E-state index is 13.5. The summed E-state index contributed by atoms with van der Waals surface area (Å²) in [5.41, 5.74) is 0. The monoisotopic (exact) mass is 552 g/mol. The van der Waals surface area contributed by atoms with Crippen molar-refractivity contribution < 1.29 is 41.0 Å². The van der Waals surface area contributed by atoms with Crippen molar-refractivity contribution in [1.29, 1.82) is 0 Å². The number of likely N-dealkylation sites (tertiary alicyclic amines) is 1. The summed E-state index contributed by atoms with van der Waals surface area (Å²) in [5.74, 6) is -1.98. The predicted octanol–water partition coefficient (Wildman–Crippen LogP) is 2.46. The fourth-order valence-electron chi connectivity index (χ4n) is 3.95. The lowest BCUT2D eigenvalue weighted by Gasteiger charge is -2.32. The number of benzene rings is 1. The van der Waals surface area contributed by atoms with Gasteiger partial charge in [0.05, 0.1) is 6.04 Å². The Bertz CT molecular complexity index is 1040. The Hall–Kier alpha value is -2.58. The second-order valence-corrected chi connectivity index (χ2v) is 11.4. The molecular weight excluding hydrogens is 517 g/mol. The van der Waals surface area contributed by atoms with Gasteiger partial charge < -0.3 is 25.0 Å². The summed E-state index contributed by atoms with van der Waals surface area (Å²) in [5, 5.41) is 10.1. The number of alkyl halides is 3. The number of hydrogen-bond acceptors (Lipinski definition) is 6. The van der Waals surface area contributed by atoms with Crippen LogP contribution < -0.4 is 10.1 Å². The smallest absolute Gasteiger partial charge is 0.487 e. The van der Waals surface area contributed by atoms with Gasteiger partial charge in [0.25, 0.3) is 0 Å². The van der Waals surface area contributed by atoms with Crippen molar-refractivity contribution in [2.45, 2.75) is 49.9 Å². The molecule has 2 heterocycles. The first-order valence-electron chi connectivity index (χ1n) is 11.9. The Kier molecular flexibility index (Phi) is 10.6. The molecule has 1 fully saturated rings. The topological polar surface area (TPSA) is 119 Å². The third kappa shape index (κ3) is 8.47. The van der Waals surface area contributed by atoms with Crippen LogP contribution in [0.25, 0.3) is 0 Å². The first kappa shape index (κ1) is 30.6. The van der Waals surface area contributed by atoms with Crippen molar-refractivity contribution in [3.8, 4) is 5.75 Å². The number of ether oxygens (including phenoxy) is 1. The minimum atomic E-state index is -5.08. The molecule has 1 saturated heterocycles. The first-order valence-corrected chi connectivity index (χ1v) is 13.3. The van der Waals surface area contributed by atoms with E-state index >= 15 is 0 Å². The minimum Gasteiger partial charge on any atom is -0.487 e. The van der Waals surface area contributed by atoms with E-state index in [1.165, 1.54) is 0 Å². The SMILES string of the molecule is CC(C)CNC(=O)N1CC[C@@H]2Oc3ccccc3S(=O)(=O)N(CCN(C)C)[C@H]2CC1.O=C(O)C(F)(F)F. The molecule has 0 unspecified atom stereocenters. The number of para-hydroxylation sites is 1. The average molecular weight is 553 g/mol. The van der Waals surface area contributed by atoms with E-state index in [2.05, 4.69) is 19.2 Å². The van der Waals surface area contributed by atoms with Gasteiger partial charge in [0.15, 0.2) is 0 Å². The molecule has 0 radical (unpaired) electrons. The van der Waals surface area contributed by atoms with E-state index in [9.17, 15) is 26.4 Å². The number of nitrogens with one attached hydrogen (secondary N) is 1. The lowest BCUT2D eigenvalue weighted by atomic mass is 10.1. The highest BCUT2D eigenvalue weighted by atomic mass is 32.2. The van der Waals surface area contributed by atoms with Crippen LogP contribution in [0.5, 0.6) is 5.75 Å². The highest BCUT2D eigenvalue weighted by molar-refractivity contribution is 7.89. The number of carboxylic acid groups (broad SMARTS) is 1. The number of halogens is 3. The maximum atomic E-state index is 13.5. The van der Waals surface area contributed by atoms with Crippen LogP contribution in [-0.2, 0) is 14.8 Å². The fraction of sp³-hybridized carbons (Fsp3) is 0.652. The number of nitrogens with zero attached hydrogens (tertiary/aromatic N) is 3. The summed E-state index contributed by atoms with van der Waals surface area (Å²) in [6, 6.07) is 6.45. The summed E-state index contributed by atoms with van der Waals surface area (Å²) in [6.45, 7) is 6.76. The zero-order valence-corrected chi connectivity index (χ0v) is 22.2. The first-order chi connectivity index (χ1) is 17.1. The molecule has 1 aromatic rings. The maximum Gasteiger partial charge on any atom is 0.490 e. The summed E-state index contributed by atoms with van der Waals surface area (Å²) >= 11 is 0. The standard InChI is InChI=1S/C21H34N4O4S.C2HF3O2/c1-16(2)15-22-21(26)24-11-9-17-18(10-12-24)29-19-7-5-6-8-20(19)30(27,28)25(17)14-13-23(3)4;3-2(4,5)1(6)7/h5-8,16-18H,9-15H2,1-4H3,(H,22,26);(H,6,7)/t17-,18-;/m0./s1. The molecule has 2 N–H and O–H groups in total. The van der Waals surface area contributed by atoms with Crippen molar-refractivity contribution in [1.82, 2.24) is 19.4 Å². The van der Waals surface area contributed by atoms with Crippen LogP contribution >= 0.6 is 0 Å². The minimum absolute atomic E-state index is 0.0942. The van der Waals surface area contributed by atoms with Gasteiger partial charge in [0.2, 0.25) is 10.0 Å². The number of hydrogen-bond donors (Lipinski definition) is 2. The van der Waals surface area contributed by atoms with E-state index in [0.29, 0.717) is 57.2 Å². The molecule has 0 aromatic heterocycles. The van der Waals surface area contributed by atoms with Gasteiger partial charge in [-0.05, 0) is 38.6 Å². The molecule has 1 aromatic carbocycles. The van der Waals surface area contributed by atoms with Crippen LogP contribution in [0, 0.1) is 5.92 Å². The predicted molar refractivity (Wildman–Crippen MR) is 130 cm³/mol. The number of fused-ring (bicyclic) bond motifs is 2. The number of aliphatic carboxylic acids is 1. The van der Waals surface area contributed by atoms with Gasteiger partial charge in [-0.3, -0.25) is 0 Å². The number of sulfonamides is 1. The van der Waals surface area contributed by atoms with Gasteiger partial charge in [-0.2, -0.15) is 17.5 Å². The number of carbonyl (C=O) groups is 2. The van der Waals surface area contributed by atoms with E-state index in [-0.39, 0.29) is 23.1 Å². The van der Waals surface area contributed by atoms with E-state index < -0.39 is 22.2 Å². The Balaban J connectivity index is 0.000000604. The Morgan fingerprint density at radius 3 is 2.35 bits per heavy atom. The van der Waals surface area contributed by atoms with Crippen molar-refractivity contribution in [2.24, 2.45) is 5.92 Å². The van der Waals surface area contributed by atoms with Crippen molar-refractivity contribution in [2.75, 3.05) is 46.8 Å². The molecular formula is C23H35F3N4O6S. The average Bonchev–Trinajstić information content (AvgIpc) is 3.04.